The summed E-state index contributed by atoms with van der Waals surface area (Å²) < 4.78 is 1.13. The molecular formula is C25H19ClN2O4. The zero-order valence-corrected chi connectivity index (χ0v) is 17.7. The van der Waals surface area contributed by atoms with Gasteiger partial charge < -0.3 is 10.1 Å². The maximum absolute atomic E-state index is 12.8. The van der Waals surface area contributed by atoms with E-state index in [0.717, 1.165) is 15.5 Å². The molecule has 3 aromatic carbocycles. The van der Waals surface area contributed by atoms with E-state index in [-0.39, 0.29) is 23.6 Å². The van der Waals surface area contributed by atoms with Crippen molar-refractivity contribution >= 4 is 34.6 Å². The number of H-pyrrole nitrogens is 1. The van der Waals surface area contributed by atoms with Gasteiger partial charge in [-0.15, -0.1) is 0 Å². The number of pyridine rings is 1. The molecule has 0 radical (unpaired) electrons. The third-order valence-corrected chi connectivity index (χ3v) is 5.42. The Bertz CT molecular complexity index is 1350. The molecule has 4 rings (SSSR count). The van der Waals surface area contributed by atoms with E-state index in [1.807, 2.05) is 30.3 Å². The van der Waals surface area contributed by atoms with Crippen LogP contribution in [0.5, 0.6) is 0 Å². The van der Waals surface area contributed by atoms with Crippen LogP contribution in [0.3, 0.4) is 0 Å². The summed E-state index contributed by atoms with van der Waals surface area (Å²) in [5, 5.41) is 9.73. The molecule has 0 aliphatic carbocycles. The summed E-state index contributed by atoms with van der Waals surface area (Å²) >= 11 is 6.23. The zero-order valence-electron chi connectivity index (χ0n) is 16.9. The lowest BCUT2D eigenvalue weighted by molar-refractivity contribution is 0.0696. The van der Waals surface area contributed by atoms with Gasteiger partial charge in [0.25, 0.3) is 11.5 Å². The summed E-state index contributed by atoms with van der Waals surface area (Å²) in [6.45, 7) is 0.266. The molecular weight excluding hydrogens is 428 g/mol. The van der Waals surface area contributed by atoms with Gasteiger partial charge in [-0.05, 0) is 52.9 Å². The van der Waals surface area contributed by atoms with Gasteiger partial charge >= 0.3 is 5.97 Å². The average molecular weight is 447 g/mol. The number of carboxylic acids is 1. The number of fused-ring (bicyclic) bond motifs is 1. The Kier molecular flexibility index (Phi) is 6.05. The molecule has 1 heterocycles. The second kappa shape index (κ2) is 9.08. The number of carbonyl (C=O) groups excluding carboxylic acids is 1. The van der Waals surface area contributed by atoms with Gasteiger partial charge in [-0.1, -0.05) is 42.5 Å². The number of benzene rings is 3. The van der Waals surface area contributed by atoms with Gasteiger partial charge in [-0.3, -0.25) is 9.59 Å². The van der Waals surface area contributed by atoms with Crippen molar-refractivity contribution in [2.75, 3.05) is 0 Å². The van der Waals surface area contributed by atoms with Gasteiger partial charge in [0, 0.05) is 34.8 Å². The normalized spacial score (nSPS) is 10.8. The molecule has 0 aliphatic heterocycles. The highest BCUT2D eigenvalue weighted by atomic mass is 35.5. The van der Waals surface area contributed by atoms with Gasteiger partial charge in [-0.2, -0.15) is 0 Å². The van der Waals surface area contributed by atoms with Gasteiger partial charge in [0.2, 0.25) is 0 Å². The van der Waals surface area contributed by atoms with Crippen LogP contribution < -0.4 is 5.56 Å². The van der Waals surface area contributed by atoms with Crippen LogP contribution in [0, 0.1) is 0 Å². The van der Waals surface area contributed by atoms with Gasteiger partial charge in [0.05, 0.1) is 12.1 Å². The second-order valence-electron chi connectivity index (χ2n) is 7.42. The quantitative estimate of drug-likeness (QED) is 0.423. The Balaban J connectivity index is 1.59. The second-order valence-corrected chi connectivity index (χ2v) is 7.82. The highest BCUT2D eigenvalue weighted by Crippen LogP contribution is 2.19. The molecule has 1 amide bonds. The van der Waals surface area contributed by atoms with Crippen molar-refractivity contribution in [3.05, 3.63) is 117 Å². The van der Waals surface area contributed by atoms with Crippen LogP contribution in [-0.2, 0) is 13.0 Å². The van der Waals surface area contributed by atoms with Crippen LogP contribution in [0.25, 0.3) is 10.9 Å². The van der Waals surface area contributed by atoms with Crippen LogP contribution in [0.4, 0.5) is 0 Å². The summed E-state index contributed by atoms with van der Waals surface area (Å²) in [6.07, 6.45) is 0.332. The molecule has 32 heavy (non-hydrogen) atoms. The molecule has 0 bridgehead atoms. The summed E-state index contributed by atoms with van der Waals surface area (Å²) in [6, 6.07) is 22.6. The van der Waals surface area contributed by atoms with Crippen molar-refractivity contribution < 1.29 is 14.7 Å². The number of carboxylic acid groups (broad SMARTS) is 1. The number of hydrogen-bond acceptors (Lipinski definition) is 3. The first-order chi connectivity index (χ1) is 15.4. The van der Waals surface area contributed by atoms with E-state index in [2.05, 4.69) is 4.98 Å². The van der Waals surface area contributed by atoms with Crippen molar-refractivity contribution in [2.24, 2.45) is 0 Å². The molecule has 4 aromatic rings. The fraction of sp³-hybridized carbons (Fsp3) is 0.0800. The van der Waals surface area contributed by atoms with E-state index in [4.69, 9.17) is 16.9 Å². The SMILES string of the molecule is O=C(O)c1ccc(Cc2cc3cc(C(=O)N(Cl)Cc4ccccc4)ccc3[nH]c2=O)cc1. The lowest BCUT2D eigenvalue weighted by Crippen LogP contribution is -2.21. The maximum Gasteiger partial charge on any atom is 0.335 e. The van der Waals surface area contributed by atoms with Crippen molar-refractivity contribution in [1.29, 1.82) is 0 Å². The number of halogens is 1. The lowest BCUT2D eigenvalue weighted by Gasteiger charge is -2.14. The number of amides is 1. The van der Waals surface area contributed by atoms with E-state index >= 15 is 0 Å². The minimum atomic E-state index is -1.00. The molecule has 0 atom stereocenters. The van der Waals surface area contributed by atoms with E-state index in [1.54, 1.807) is 36.4 Å². The van der Waals surface area contributed by atoms with E-state index in [9.17, 15) is 14.4 Å². The number of aromatic carboxylic acids is 1. The maximum atomic E-state index is 12.8. The molecule has 0 saturated carbocycles. The monoisotopic (exact) mass is 446 g/mol. The van der Waals surface area contributed by atoms with Crippen LogP contribution in [0.1, 0.15) is 37.4 Å². The van der Waals surface area contributed by atoms with Gasteiger partial charge in [-0.25, -0.2) is 9.21 Å². The van der Waals surface area contributed by atoms with Crippen molar-refractivity contribution in [1.82, 2.24) is 9.40 Å². The minimum Gasteiger partial charge on any atom is -0.478 e. The number of rotatable bonds is 6. The number of nitrogens with zero attached hydrogens (tertiary/aromatic N) is 1. The summed E-state index contributed by atoms with van der Waals surface area (Å²) in [5.41, 5.74) is 3.21. The smallest absolute Gasteiger partial charge is 0.335 e. The fourth-order valence-corrected chi connectivity index (χ4v) is 3.69. The van der Waals surface area contributed by atoms with Gasteiger partial charge in [0.15, 0.2) is 0 Å². The predicted molar refractivity (Wildman–Crippen MR) is 123 cm³/mol. The average Bonchev–Trinajstić information content (AvgIpc) is 2.80. The van der Waals surface area contributed by atoms with Gasteiger partial charge in [0.1, 0.15) is 0 Å². The number of carbonyl (C=O) groups is 2. The molecule has 2 N–H and O–H groups in total. The van der Waals surface area contributed by atoms with E-state index in [0.29, 0.717) is 28.5 Å². The predicted octanol–water partition coefficient (Wildman–Crippen LogP) is 4.61. The van der Waals surface area contributed by atoms with E-state index in [1.165, 1.54) is 12.1 Å². The highest BCUT2D eigenvalue weighted by molar-refractivity contribution is 6.24. The van der Waals surface area contributed by atoms with Crippen LogP contribution in [0.15, 0.2) is 83.7 Å². The fourth-order valence-electron chi connectivity index (χ4n) is 3.46. The molecule has 7 heteroatoms. The van der Waals surface area contributed by atoms with Crippen LogP contribution in [-0.4, -0.2) is 26.4 Å². The first-order valence-electron chi connectivity index (χ1n) is 9.90. The largest absolute Gasteiger partial charge is 0.478 e. The summed E-state index contributed by atoms with van der Waals surface area (Å²) in [5.74, 6) is -1.34. The van der Waals surface area contributed by atoms with Crippen LogP contribution >= 0.6 is 11.8 Å². The molecule has 0 spiro atoms. The summed E-state index contributed by atoms with van der Waals surface area (Å²) in [4.78, 5) is 39.1. The van der Waals surface area contributed by atoms with E-state index < -0.39 is 5.97 Å². The Morgan fingerprint density at radius 2 is 1.56 bits per heavy atom. The third kappa shape index (κ3) is 4.71. The first-order valence-corrected chi connectivity index (χ1v) is 10.2. The zero-order chi connectivity index (χ0) is 22.7. The molecule has 1 aromatic heterocycles. The highest BCUT2D eigenvalue weighted by Gasteiger charge is 2.15. The third-order valence-electron chi connectivity index (χ3n) is 5.15. The molecule has 0 fully saturated rings. The van der Waals surface area contributed by atoms with Crippen molar-refractivity contribution in [3.8, 4) is 0 Å². The number of aromatic amines is 1. The Morgan fingerprint density at radius 3 is 2.25 bits per heavy atom. The molecule has 0 aliphatic rings. The van der Waals surface area contributed by atoms with Crippen molar-refractivity contribution in [2.45, 2.75) is 13.0 Å². The Labute approximate surface area is 188 Å². The Morgan fingerprint density at radius 1 is 0.875 bits per heavy atom. The standard InChI is InChI=1S/C25H19ClN2O4/c26-28(15-17-4-2-1-3-5-17)24(30)19-10-11-22-20(13-19)14-21(23(29)27-22)12-16-6-8-18(9-7-16)25(31)32/h1-11,13-14H,12,15H2,(H,27,29)(H,31,32). The molecule has 160 valence electrons. The molecule has 0 unspecified atom stereocenters. The number of nitrogens with one attached hydrogen (secondary N) is 1. The molecule has 6 nitrogen and oxygen atoms in total. The topological polar surface area (TPSA) is 90.5 Å². The lowest BCUT2D eigenvalue weighted by atomic mass is 10.0. The number of aromatic nitrogens is 1. The van der Waals surface area contributed by atoms with Crippen molar-refractivity contribution in [3.63, 3.8) is 0 Å². The minimum absolute atomic E-state index is 0.186. The molecule has 0 saturated heterocycles. The Hall–Kier alpha value is -3.90. The number of hydrogen-bond donors (Lipinski definition) is 2. The first kappa shape index (κ1) is 21.3. The van der Waals surface area contributed by atoms with Crippen LogP contribution in [0.2, 0.25) is 0 Å². The summed E-state index contributed by atoms with van der Waals surface area (Å²) in [7, 11) is 0.